The molecule has 6 atom stereocenters. The molecule has 1 aromatic rings. The van der Waals surface area contributed by atoms with Gasteiger partial charge in [-0.05, 0) is 104 Å². The number of hydrogen-bond donors (Lipinski definition) is 0. The summed E-state index contributed by atoms with van der Waals surface area (Å²) in [4.78, 5) is 25.7. The van der Waals surface area contributed by atoms with Crippen LogP contribution in [-0.4, -0.2) is 46.6 Å². The molecule has 2 aliphatic carbocycles. The highest BCUT2D eigenvalue weighted by Crippen LogP contribution is 2.53. The van der Waals surface area contributed by atoms with Gasteiger partial charge in [0.05, 0.1) is 34.5 Å². The Bertz CT molecular complexity index is 902. The van der Waals surface area contributed by atoms with E-state index >= 15 is 0 Å². The number of epoxide rings is 2. The van der Waals surface area contributed by atoms with Crippen LogP contribution in [0.5, 0.6) is 0 Å². The second-order valence-corrected chi connectivity index (χ2v) is 12.3. The minimum Gasteiger partial charge on any atom is -0.456 e. The third-order valence-corrected chi connectivity index (χ3v) is 9.08. The van der Waals surface area contributed by atoms with Gasteiger partial charge in [0.15, 0.2) is 0 Å². The summed E-state index contributed by atoms with van der Waals surface area (Å²) in [6, 6.07) is 6.59. The summed E-state index contributed by atoms with van der Waals surface area (Å²) in [5.74, 6) is -0.200. The van der Waals surface area contributed by atoms with Gasteiger partial charge in [-0.1, -0.05) is 0 Å². The molecule has 6 unspecified atom stereocenters. The van der Waals surface area contributed by atoms with E-state index in [-0.39, 0.29) is 47.2 Å². The third-order valence-electron chi connectivity index (χ3n) is 9.08. The Kier molecular flexibility index (Phi) is 5.45. The van der Waals surface area contributed by atoms with Crippen molar-refractivity contribution in [3.8, 4) is 0 Å². The Balaban J connectivity index is 1.17. The first-order valence-electron chi connectivity index (χ1n) is 12.7. The summed E-state index contributed by atoms with van der Waals surface area (Å²) in [6.07, 6.45) is 6.40. The average molecular weight is 471 g/mol. The van der Waals surface area contributed by atoms with Crippen molar-refractivity contribution in [1.29, 1.82) is 0 Å². The van der Waals surface area contributed by atoms with Crippen LogP contribution in [0.15, 0.2) is 24.3 Å². The van der Waals surface area contributed by atoms with Gasteiger partial charge in [-0.15, -0.1) is 0 Å². The molecule has 0 N–H and O–H groups in total. The second-order valence-electron chi connectivity index (χ2n) is 12.3. The van der Waals surface area contributed by atoms with Crippen LogP contribution in [0.1, 0.15) is 101 Å². The molecule has 6 heteroatoms. The summed E-state index contributed by atoms with van der Waals surface area (Å²) in [5, 5.41) is 0. The highest BCUT2D eigenvalue weighted by Gasteiger charge is 2.58. The lowest BCUT2D eigenvalue weighted by atomic mass is 9.75. The van der Waals surface area contributed by atoms with E-state index in [1.54, 1.807) is 24.3 Å². The molecule has 0 spiro atoms. The Hall–Kier alpha value is -1.92. The van der Waals surface area contributed by atoms with Crippen molar-refractivity contribution < 1.29 is 28.5 Å². The molecule has 5 rings (SSSR count). The van der Waals surface area contributed by atoms with Crippen LogP contribution in [0.4, 0.5) is 0 Å². The lowest BCUT2D eigenvalue weighted by Crippen LogP contribution is -2.40. The highest BCUT2D eigenvalue weighted by molar-refractivity contribution is 5.93. The van der Waals surface area contributed by atoms with Gasteiger partial charge in [0.25, 0.3) is 0 Å². The number of rotatable bonds is 6. The highest BCUT2D eigenvalue weighted by atomic mass is 16.6. The molecule has 2 aliphatic heterocycles. The zero-order chi connectivity index (χ0) is 24.5. The zero-order valence-corrected chi connectivity index (χ0v) is 21.3. The number of carbonyl (C=O) groups excluding carboxylic acids is 2. The second kappa shape index (κ2) is 7.79. The fraction of sp³-hybridized carbons (Fsp3) is 0.714. The van der Waals surface area contributed by atoms with Gasteiger partial charge in [0.2, 0.25) is 0 Å². The van der Waals surface area contributed by atoms with Crippen LogP contribution in [0.25, 0.3) is 0 Å². The van der Waals surface area contributed by atoms with Gasteiger partial charge in [-0.3, -0.25) is 0 Å². The molecule has 0 aromatic heterocycles. The van der Waals surface area contributed by atoms with Crippen molar-refractivity contribution in [3.05, 3.63) is 35.4 Å². The van der Waals surface area contributed by atoms with Gasteiger partial charge in [-0.2, -0.15) is 0 Å². The van der Waals surface area contributed by atoms with Gasteiger partial charge >= 0.3 is 11.9 Å². The maximum Gasteiger partial charge on any atom is 0.338 e. The maximum absolute atomic E-state index is 12.9. The minimum absolute atomic E-state index is 0.0405. The topological polar surface area (TPSA) is 77.7 Å². The van der Waals surface area contributed by atoms with Crippen LogP contribution in [0.2, 0.25) is 0 Å². The maximum atomic E-state index is 12.9. The lowest BCUT2D eigenvalue weighted by Gasteiger charge is -2.36. The number of benzene rings is 1. The smallest absolute Gasteiger partial charge is 0.338 e. The van der Waals surface area contributed by atoms with Gasteiger partial charge in [-0.25, -0.2) is 9.59 Å². The Morgan fingerprint density at radius 3 is 1.44 bits per heavy atom. The van der Waals surface area contributed by atoms with Gasteiger partial charge < -0.3 is 18.9 Å². The zero-order valence-electron chi connectivity index (χ0n) is 21.3. The van der Waals surface area contributed by atoms with Crippen molar-refractivity contribution >= 4 is 11.9 Å². The first-order chi connectivity index (χ1) is 15.8. The van der Waals surface area contributed by atoms with Crippen molar-refractivity contribution in [2.45, 2.75) is 115 Å². The van der Waals surface area contributed by atoms with Crippen LogP contribution in [0, 0.1) is 11.8 Å². The number of hydrogen-bond acceptors (Lipinski definition) is 6. The molecule has 0 radical (unpaired) electrons. The summed E-state index contributed by atoms with van der Waals surface area (Å²) < 4.78 is 23.5. The van der Waals surface area contributed by atoms with E-state index in [9.17, 15) is 9.59 Å². The molecular formula is C28H38O6. The van der Waals surface area contributed by atoms with E-state index < -0.39 is 11.2 Å². The fourth-order valence-electron chi connectivity index (χ4n) is 6.06. The monoisotopic (exact) mass is 470 g/mol. The molecule has 0 amide bonds. The van der Waals surface area contributed by atoms with E-state index in [0.29, 0.717) is 11.1 Å². The minimum atomic E-state index is -0.576. The van der Waals surface area contributed by atoms with E-state index in [0.717, 1.165) is 38.5 Å². The SMILES string of the molecule is CC(C)(OC(=O)c1ccc(C(=O)OC(C)(C)C2CCC3(C)OC3C2)cc1)C1CCC2(C)OC2C1. The normalized spacial score (nSPS) is 36.6. The largest absolute Gasteiger partial charge is 0.456 e. The molecule has 0 bridgehead atoms. The molecule has 2 heterocycles. The van der Waals surface area contributed by atoms with Crippen molar-refractivity contribution in [2.75, 3.05) is 0 Å². The molecule has 4 aliphatic rings. The van der Waals surface area contributed by atoms with E-state index in [1.807, 2.05) is 27.7 Å². The Labute approximate surface area is 202 Å². The standard InChI is InChI=1S/C28H38O6/c1-25(2,19-11-13-27(5)21(15-19)31-27)33-23(29)17-7-9-18(10-8-17)24(30)34-26(3,4)20-12-14-28(6)22(16-20)32-28/h7-10,19-22H,11-16H2,1-6H3. The van der Waals surface area contributed by atoms with E-state index in [4.69, 9.17) is 18.9 Å². The number of esters is 2. The molecule has 2 saturated heterocycles. The molecule has 2 saturated carbocycles. The van der Waals surface area contributed by atoms with Gasteiger partial charge in [0, 0.05) is 11.8 Å². The van der Waals surface area contributed by atoms with E-state index in [2.05, 4.69) is 13.8 Å². The fourth-order valence-corrected chi connectivity index (χ4v) is 6.06. The van der Waals surface area contributed by atoms with Crippen LogP contribution in [-0.2, 0) is 18.9 Å². The number of ether oxygens (including phenoxy) is 4. The Morgan fingerprint density at radius 2 is 1.12 bits per heavy atom. The molecule has 34 heavy (non-hydrogen) atoms. The number of carbonyl (C=O) groups is 2. The predicted octanol–water partition coefficient (Wildman–Crippen LogP) is 5.47. The van der Waals surface area contributed by atoms with Crippen molar-refractivity contribution in [1.82, 2.24) is 0 Å². The van der Waals surface area contributed by atoms with Gasteiger partial charge in [0.1, 0.15) is 11.2 Å². The van der Waals surface area contributed by atoms with Crippen LogP contribution >= 0.6 is 0 Å². The van der Waals surface area contributed by atoms with Crippen molar-refractivity contribution in [3.63, 3.8) is 0 Å². The van der Waals surface area contributed by atoms with Crippen molar-refractivity contribution in [2.24, 2.45) is 11.8 Å². The average Bonchev–Trinajstić information content (AvgIpc) is 3.64. The molecule has 6 nitrogen and oxygen atoms in total. The quantitative estimate of drug-likeness (QED) is 0.405. The molecule has 186 valence electrons. The molecule has 4 fully saturated rings. The van der Waals surface area contributed by atoms with E-state index in [1.165, 1.54) is 0 Å². The lowest BCUT2D eigenvalue weighted by molar-refractivity contribution is -0.0391. The summed E-state index contributed by atoms with van der Waals surface area (Å²) >= 11 is 0. The molecular weight excluding hydrogens is 432 g/mol. The first-order valence-corrected chi connectivity index (χ1v) is 12.7. The summed E-state index contributed by atoms with van der Waals surface area (Å²) in [6.45, 7) is 12.2. The Morgan fingerprint density at radius 1 is 0.765 bits per heavy atom. The predicted molar refractivity (Wildman–Crippen MR) is 127 cm³/mol. The first kappa shape index (κ1) is 23.8. The molecule has 1 aromatic carbocycles. The summed E-state index contributed by atoms with van der Waals surface area (Å²) in [7, 11) is 0. The summed E-state index contributed by atoms with van der Waals surface area (Å²) in [5.41, 5.74) is -0.201. The number of fused-ring (bicyclic) bond motifs is 2. The van der Waals surface area contributed by atoms with Crippen LogP contribution in [0.3, 0.4) is 0 Å². The third kappa shape index (κ3) is 4.39. The van der Waals surface area contributed by atoms with Crippen LogP contribution < -0.4 is 0 Å².